The fraction of sp³-hybridized carbons (Fsp3) is 0.471. The zero-order chi connectivity index (χ0) is 15.1. The molecule has 2 rings (SSSR count). The first-order chi connectivity index (χ1) is 10.1. The number of likely N-dealkylation sites (tertiary alicyclic amines) is 1. The maximum atomic E-state index is 11.8. The molecule has 1 heterocycles. The van der Waals surface area contributed by atoms with Crippen molar-refractivity contribution in [1.29, 1.82) is 0 Å². The molecule has 0 aromatic heterocycles. The molecule has 0 spiro atoms. The first-order valence-electron chi connectivity index (χ1n) is 7.67. The normalized spacial score (nSPS) is 17.2. The average Bonchev–Trinajstić information content (AvgIpc) is 2.96. The average molecular weight is 287 g/mol. The highest BCUT2D eigenvalue weighted by Crippen LogP contribution is 2.10. The summed E-state index contributed by atoms with van der Waals surface area (Å²) in [4.78, 5) is 14.3. The number of benzene rings is 1. The number of amides is 1. The monoisotopic (exact) mass is 287 g/mol. The summed E-state index contributed by atoms with van der Waals surface area (Å²) >= 11 is 0. The minimum absolute atomic E-state index is 0.0503. The van der Waals surface area contributed by atoms with Gasteiger partial charge in [0.15, 0.2) is 0 Å². The summed E-state index contributed by atoms with van der Waals surface area (Å²) in [7, 11) is 0. The number of nitrogens with one attached hydrogen (secondary N) is 1. The third-order valence-electron chi connectivity index (χ3n) is 3.73. The lowest BCUT2D eigenvalue weighted by Gasteiger charge is -2.20. The molecule has 4 heteroatoms. The number of anilines is 1. The number of rotatable bonds is 6. The molecule has 1 aromatic rings. The Labute approximate surface area is 127 Å². The molecule has 1 fully saturated rings. The van der Waals surface area contributed by atoms with Gasteiger partial charge in [-0.25, -0.2) is 0 Å². The Morgan fingerprint density at radius 1 is 1.43 bits per heavy atom. The van der Waals surface area contributed by atoms with Crippen molar-refractivity contribution in [2.75, 3.05) is 31.9 Å². The van der Waals surface area contributed by atoms with Crippen LogP contribution in [-0.2, 0) is 4.79 Å². The topological polar surface area (TPSA) is 58.4 Å². The Kier molecular flexibility index (Phi) is 5.81. The Hall–Kier alpha value is -1.81. The van der Waals surface area contributed by atoms with Crippen molar-refractivity contribution in [3.63, 3.8) is 0 Å². The summed E-state index contributed by atoms with van der Waals surface area (Å²) in [5.74, 6) is 0.429. The van der Waals surface area contributed by atoms with E-state index in [-0.39, 0.29) is 5.91 Å². The van der Waals surface area contributed by atoms with Crippen LogP contribution in [0.5, 0.6) is 0 Å². The van der Waals surface area contributed by atoms with Crippen LogP contribution in [0.15, 0.2) is 30.3 Å². The first kappa shape index (κ1) is 15.6. The van der Waals surface area contributed by atoms with E-state index in [4.69, 9.17) is 5.73 Å². The summed E-state index contributed by atoms with van der Waals surface area (Å²) < 4.78 is 0. The molecule has 1 saturated heterocycles. The Morgan fingerprint density at radius 3 is 2.90 bits per heavy atom. The lowest BCUT2D eigenvalue weighted by atomic mass is 10.1. The lowest BCUT2D eigenvalue weighted by molar-refractivity contribution is -0.116. The van der Waals surface area contributed by atoms with Crippen molar-refractivity contribution in [1.82, 2.24) is 10.2 Å². The van der Waals surface area contributed by atoms with Gasteiger partial charge in [0.2, 0.25) is 5.91 Å². The van der Waals surface area contributed by atoms with E-state index in [1.807, 2.05) is 24.3 Å². The van der Waals surface area contributed by atoms with Crippen molar-refractivity contribution in [2.45, 2.75) is 19.8 Å². The second-order valence-corrected chi connectivity index (χ2v) is 5.86. The van der Waals surface area contributed by atoms with E-state index in [2.05, 4.69) is 17.1 Å². The van der Waals surface area contributed by atoms with Crippen molar-refractivity contribution in [3.05, 3.63) is 35.9 Å². The molecule has 3 N–H and O–H groups in total. The molecule has 4 nitrogen and oxygen atoms in total. The van der Waals surface area contributed by atoms with Crippen LogP contribution in [0, 0.1) is 5.92 Å². The molecule has 21 heavy (non-hydrogen) atoms. The number of nitrogens with two attached hydrogens (primary N) is 1. The van der Waals surface area contributed by atoms with Crippen LogP contribution in [0.2, 0.25) is 0 Å². The highest BCUT2D eigenvalue weighted by atomic mass is 16.1. The van der Waals surface area contributed by atoms with Gasteiger partial charge in [-0.1, -0.05) is 19.1 Å². The molecule has 0 aliphatic carbocycles. The minimum Gasteiger partial charge on any atom is -0.399 e. The van der Waals surface area contributed by atoms with Gasteiger partial charge in [-0.05, 0) is 55.6 Å². The lowest BCUT2D eigenvalue weighted by Crippen LogP contribution is -2.33. The van der Waals surface area contributed by atoms with E-state index in [9.17, 15) is 4.79 Å². The largest absolute Gasteiger partial charge is 0.399 e. The van der Waals surface area contributed by atoms with Gasteiger partial charge in [0.1, 0.15) is 0 Å². The standard InChI is InChI=1S/C17H25N3O/c1-14(13-20-9-2-3-10-20)12-19-17(21)8-7-15-5-4-6-16(18)11-15/h4-8,11,14H,2-3,9-10,12-13,18H2,1H3,(H,19,21)/b8-7+. The molecule has 1 aliphatic rings. The summed E-state index contributed by atoms with van der Waals surface area (Å²) in [5, 5.41) is 2.96. The van der Waals surface area contributed by atoms with Gasteiger partial charge < -0.3 is 16.0 Å². The van der Waals surface area contributed by atoms with Crippen molar-refractivity contribution in [2.24, 2.45) is 5.92 Å². The summed E-state index contributed by atoms with van der Waals surface area (Å²) in [6.45, 7) is 6.37. The molecule has 114 valence electrons. The Bertz CT molecular complexity index is 493. The van der Waals surface area contributed by atoms with Crippen LogP contribution in [0.3, 0.4) is 0 Å². The maximum absolute atomic E-state index is 11.8. The van der Waals surface area contributed by atoms with E-state index in [0.717, 1.165) is 18.7 Å². The Balaban J connectivity index is 1.71. The molecule has 1 amide bonds. The van der Waals surface area contributed by atoms with Crippen LogP contribution in [0.25, 0.3) is 6.08 Å². The molecule has 1 aromatic carbocycles. The fourth-order valence-electron chi connectivity index (χ4n) is 2.64. The van der Waals surface area contributed by atoms with Crippen LogP contribution in [-0.4, -0.2) is 37.0 Å². The SMILES string of the molecule is CC(CNC(=O)/C=C/c1cccc(N)c1)CN1CCCC1. The molecule has 1 unspecified atom stereocenters. The second-order valence-electron chi connectivity index (χ2n) is 5.86. The van der Waals surface area contributed by atoms with E-state index in [1.165, 1.54) is 25.9 Å². The number of carbonyl (C=O) groups is 1. The molecule has 1 atom stereocenters. The van der Waals surface area contributed by atoms with Crippen molar-refractivity contribution >= 4 is 17.7 Å². The summed E-state index contributed by atoms with van der Waals surface area (Å²) in [5.41, 5.74) is 7.35. The number of hydrogen-bond acceptors (Lipinski definition) is 3. The highest BCUT2D eigenvalue weighted by molar-refractivity contribution is 5.91. The van der Waals surface area contributed by atoms with Gasteiger partial charge in [-0.15, -0.1) is 0 Å². The van der Waals surface area contributed by atoms with Crippen molar-refractivity contribution in [3.8, 4) is 0 Å². The molecule has 0 bridgehead atoms. The van der Waals surface area contributed by atoms with Crippen molar-refractivity contribution < 1.29 is 4.79 Å². The van der Waals surface area contributed by atoms with E-state index >= 15 is 0 Å². The maximum Gasteiger partial charge on any atom is 0.244 e. The van der Waals surface area contributed by atoms with Gasteiger partial charge in [0.25, 0.3) is 0 Å². The molecule has 0 radical (unpaired) electrons. The first-order valence-corrected chi connectivity index (χ1v) is 7.67. The number of hydrogen-bond donors (Lipinski definition) is 2. The molecule has 0 saturated carbocycles. The van der Waals surface area contributed by atoms with Crippen LogP contribution < -0.4 is 11.1 Å². The summed E-state index contributed by atoms with van der Waals surface area (Å²) in [6.07, 6.45) is 5.97. The third-order valence-corrected chi connectivity index (χ3v) is 3.73. The smallest absolute Gasteiger partial charge is 0.244 e. The second kappa shape index (κ2) is 7.84. The third kappa shape index (κ3) is 5.60. The van der Waals surface area contributed by atoms with Gasteiger partial charge in [0, 0.05) is 24.9 Å². The predicted octanol–water partition coefficient (Wildman–Crippen LogP) is 2.13. The van der Waals surface area contributed by atoms with Crippen LogP contribution >= 0.6 is 0 Å². The van der Waals surface area contributed by atoms with Gasteiger partial charge in [-0.3, -0.25) is 4.79 Å². The molecular formula is C17H25N3O. The number of nitrogens with zero attached hydrogens (tertiary/aromatic N) is 1. The van der Waals surface area contributed by atoms with Gasteiger partial charge >= 0.3 is 0 Å². The zero-order valence-corrected chi connectivity index (χ0v) is 12.7. The van der Waals surface area contributed by atoms with E-state index < -0.39 is 0 Å². The number of nitrogen functional groups attached to an aromatic ring is 1. The van der Waals surface area contributed by atoms with Crippen LogP contribution in [0.4, 0.5) is 5.69 Å². The van der Waals surface area contributed by atoms with E-state index in [0.29, 0.717) is 11.6 Å². The van der Waals surface area contributed by atoms with E-state index in [1.54, 1.807) is 12.2 Å². The minimum atomic E-state index is -0.0503. The predicted molar refractivity (Wildman–Crippen MR) is 87.7 cm³/mol. The zero-order valence-electron chi connectivity index (χ0n) is 12.7. The number of carbonyl (C=O) groups excluding carboxylic acids is 1. The molecular weight excluding hydrogens is 262 g/mol. The quantitative estimate of drug-likeness (QED) is 0.622. The highest BCUT2D eigenvalue weighted by Gasteiger charge is 2.14. The molecule has 1 aliphatic heterocycles. The Morgan fingerprint density at radius 2 is 2.19 bits per heavy atom. The van der Waals surface area contributed by atoms with Gasteiger partial charge in [0.05, 0.1) is 0 Å². The van der Waals surface area contributed by atoms with Crippen LogP contribution in [0.1, 0.15) is 25.3 Å². The van der Waals surface area contributed by atoms with Gasteiger partial charge in [-0.2, -0.15) is 0 Å². The summed E-state index contributed by atoms with van der Waals surface area (Å²) in [6, 6.07) is 7.48. The fourth-order valence-corrected chi connectivity index (χ4v) is 2.64.